The van der Waals surface area contributed by atoms with Crippen molar-refractivity contribution in [3.05, 3.63) is 24.2 Å². The van der Waals surface area contributed by atoms with Gasteiger partial charge in [0.05, 0.1) is 11.4 Å². The number of alkyl halides is 2. The second-order valence-corrected chi connectivity index (χ2v) is 6.15. The largest absolute Gasteiger partial charge is 0.266 e. The normalized spacial score (nSPS) is 12.1. The minimum atomic E-state index is -3.53. The number of aromatic nitrogens is 4. The molecule has 0 spiro atoms. The smallest absolute Gasteiger partial charge is 0.257 e. The third-order valence-electron chi connectivity index (χ3n) is 2.51. The van der Waals surface area contributed by atoms with Gasteiger partial charge in [0, 0.05) is 24.2 Å². The topological polar surface area (TPSA) is 77.7 Å². The fourth-order valence-corrected chi connectivity index (χ4v) is 2.19. The Morgan fingerprint density at radius 1 is 1.40 bits per heavy atom. The van der Waals surface area contributed by atoms with Crippen molar-refractivity contribution >= 4 is 9.84 Å². The van der Waals surface area contributed by atoms with Gasteiger partial charge in [0.25, 0.3) is 6.43 Å². The van der Waals surface area contributed by atoms with Gasteiger partial charge >= 0.3 is 0 Å². The van der Waals surface area contributed by atoms with Crippen molar-refractivity contribution < 1.29 is 17.2 Å². The first-order valence-corrected chi connectivity index (χ1v) is 7.52. The quantitative estimate of drug-likeness (QED) is 0.796. The molecule has 0 N–H and O–H groups in total. The molecule has 0 unspecified atom stereocenters. The van der Waals surface area contributed by atoms with E-state index in [0.29, 0.717) is 17.0 Å². The molecule has 0 fully saturated rings. The van der Waals surface area contributed by atoms with E-state index >= 15 is 0 Å². The Bertz CT molecular complexity index is 728. The van der Waals surface area contributed by atoms with E-state index in [1.807, 2.05) is 0 Å². The summed E-state index contributed by atoms with van der Waals surface area (Å²) < 4.78 is 48.6. The fraction of sp³-hybridized carbons (Fsp3) is 0.364. The molecule has 0 saturated heterocycles. The first-order chi connectivity index (χ1) is 9.27. The summed E-state index contributed by atoms with van der Waals surface area (Å²) in [4.78, 5) is 7.60. The first kappa shape index (κ1) is 14.5. The highest BCUT2D eigenvalue weighted by Gasteiger charge is 2.15. The molecule has 6 nitrogen and oxygen atoms in total. The summed E-state index contributed by atoms with van der Waals surface area (Å²) in [5.41, 5.74) is 1.32. The minimum absolute atomic E-state index is 0.309. The number of nitrogens with zero attached hydrogens (tertiary/aromatic N) is 4. The van der Waals surface area contributed by atoms with Crippen LogP contribution in [0.1, 0.15) is 5.69 Å². The number of sulfone groups is 1. The lowest BCUT2D eigenvalue weighted by Gasteiger charge is -2.01. The third-order valence-corrected chi connectivity index (χ3v) is 3.37. The second kappa shape index (κ2) is 5.23. The average molecular weight is 302 g/mol. The lowest BCUT2D eigenvalue weighted by Crippen LogP contribution is -2.06. The molecule has 0 radical (unpaired) electrons. The number of hydrogen-bond acceptors (Lipinski definition) is 5. The standard InChI is InChI=1S/C11H12F2N4O2S/c1-7-8(5-17(16-7)6-10(12)13)9-3-4-14-11(15-9)20(2,18)19/h3-5,10H,6H2,1-2H3. The molecular weight excluding hydrogens is 290 g/mol. The molecule has 0 atom stereocenters. The summed E-state index contributed by atoms with van der Waals surface area (Å²) in [6.45, 7) is 1.12. The third kappa shape index (κ3) is 3.16. The van der Waals surface area contributed by atoms with Crippen molar-refractivity contribution in [2.45, 2.75) is 25.1 Å². The van der Waals surface area contributed by atoms with E-state index in [-0.39, 0.29) is 5.16 Å². The van der Waals surface area contributed by atoms with Crippen LogP contribution in [0.3, 0.4) is 0 Å². The van der Waals surface area contributed by atoms with Crippen LogP contribution in [0.4, 0.5) is 8.78 Å². The summed E-state index contributed by atoms with van der Waals surface area (Å²) in [5, 5.41) is 3.64. The Kier molecular flexibility index (Phi) is 3.80. The lowest BCUT2D eigenvalue weighted by atomic mass is 10.2. The van der Waals surface area contributed by atoms with Crippen LogP contribution in [-0.4, -0.2) is 40.8 Å². The molecule has 2 rings (SSSR count). The molecule has 108 valence electrons. The van der Waals surface area contributed by atoms with Crippen molar-refractivity contribution in [1.82, 2.24) is 19.7 Å². The molecule has 0 bridgehead atoms. The zero-order chi connectivity index (χ0) is 14.9. The van der Waals surface area contributed by atoms with Crippen LogP contribution in [0, 0.1) is 6.92 Å². The molecule has 0 amide bonds. The van der Waals surface area contributed by atoms with E-state index < -0.39 is 22.8 Å². The van der Waals surface area contributed by atoms with E-state index in [1.165, 1.54) is 18.5 Å². The summed E-state index contributed by atoms with van der Waals surface area (Å²) in [5.74, 6) is 0. The number of halogens is 2. The van der Waals surface area contributed by atoms with Crippen molar-refractivity contribution in [3.63, 3.8) is 0 Å². The number of aryl methyl sites for hydroxylation is 1. The second-order valence-electron chi connectivity index (χ2n) is 4.24. The Balaban J connectivity index is 2.44. The number of hydrogen-bond donors (Lipinski definition) is 0. The van der Waals surface area contributed by atoms with Gasteiger partial charge < -0.3 is 0 Å². The van der Waals surface area contributed by atoms with Crippen molar-refractivity contribution in [1.29, 1.82) is 0 Å². The summed E-state index contributed by atoms with van der Waals surface area (Å²) in [7, 11) is -3.53. The van der Waals surface area contributed by atoms with E-state index in [1.54, 1.807) is 6.92 Å². The van der Waals surface area contributed by atoms with Crippen LogP contribution in [0.5, 0.6) is 0 Å². The Morgan fingerprint density at radius 3 is 2.70 bits per heavy atom. The molecule has 2 aromatic heterocycles. The van der Waals surface area contributed by atoms with Crippen LogP contribution >= 0.6 is 0 Å². The molecule has 9 heteroatoms. The van der Waals surface area contributed by atoms with Gasteiger partial charge in [-0.2, -0.15) is 5.10 Å². The average Bonchev–Trinajstić information content (AvgIpc) is 2.68. The number of rotatable bonds is 4. The Hall–Kier alpha value is -1.90. The van der Waals surface area contributed by atoms with Crippen molar-refractivity contribution in [2.75, 3.05) is 6.26 Å². The Labute approximate surface area is 114 Å². The van der Waals surface area contributed by atoms with Gasteiger partial charge in [-0.15, -0.1) is 0 Å². The molecule has 20 heavy (non-hydrogen) atoms. The fourth-order valence-electron chi connectivity index (χ4n) is 1.67. The van der Waals surface area contributed by atoms with Crippen LogP contribution in [0.2, 0.25) is 0 Å². The summed E-state index contributed by atoms with van der Waals surface area (Å²) in [6.07, 6.45) is 1.21. The zero-order valence-electron chi connectivity index (χ0n) is 10.8. The lowest BCUT2D eigenvalue weighted by molar-refractivity contribution is 0.121. The van der Waals surface area contributed by atoms with Crippen LogP contribution in [0.25, 0.3) is 11.3 Å². The zero-order valence-corrected chi connectivity index (χ0v) is 11.6. The highest BCUT2D eigenvalue weighted by Crippen LogP contribution is 2.21. The minimum Gasteiger partial charge on any atom is -0.266 e. The summed E-state index contributed by atoms with van der Waals surface area (Å²) in [6, 6.07) is 1.51. The van der Waals surface area contributed by atoms with Gasteiger partial charge in [-0.3, -0.25) is 4.68 Å². The highest BCUT2D eigenvalue weighted by atomic mass is 32.2. The maximum atomic E-state index is 12.3. The molecule has 0 aliphatic carbocycles. The maximum Gasteiger partial charge on any atom is 0.257 e. The predicted octanol–water partition coefficient (Wildman–Crippen LogP) is 1.32. The first-order valence-electron chi connectivity index (χ1n) is 5.63. The molecule has 0 aliphatic rings. The van der Waals surface area contributed by atoms with E-state index in [0.717, 1.165) is 10.9 Å². The summed E-state index contributed by atoms with van der Waals surface area (Å²) >= 11 is 0. The monoisotopic (exact) mass is 302 g/mol. The molecule has 2 heterocycles. The van der Waals surface area contributed by atoms with Crippen LogP contribution in [0.15, 0.2) is 23.6 Å². The molecular formula is C11H12F2N4O2S. The van der Waals surface area contributed by atoms with Crippen molar-refractivity contribution in [3.8, 4) is 11.3 Å². The van der Waals surface area contributed by atoms with E-state index in [4.69, 9.17) is 0 Å². The molecule has 2 aromatic rings. The molecule has 0 saturated carbocycles. The van der Waals surface area contributed by atoms with Gasteiger partial charge in [0.1, 0.15) is 6.54 Å². The van der Waals surface area contributed by atoms with Crippen LogP contribution in [-0.2, 0) is 16.4 Å². The van der Waals surface area contributed by atoms with Gasteiger partial charge in [-0.25, -0.2) is 27.2 Å². The van der Waals surface area contributed by atoms with Crippen LogP contribution < -0.4 is 0 Å². The maximum absolute atomic E-state index is 12.3. The van der Waals surface area contributed by atoms with E-state index in [9.17, 15) is 17.2 Å². The molecule has 0 aromatic carbocycles. The van der Waals surface area contributed by atoms with Gasteiger partial charge in [-0.05, 0) is 13.0 Å². The SMILES string of the molecule is Cc1nn(CC(F)F)cc1-c1ccnc(S(C)(=O)=O)n1. The molecule has 0 aliphatic heterocycles. The van der Waals surface area contributed by atoms with E-state index in [2.05, 4.69) is 15.1 Å². The van der Waals surface area contributed by atoms with Gasteiger partial charge in [0.2, 0.25) is 15.0 Å². The predicted molar refractivity (Wildman–Crippen MR) is 67.1 cm³/mol. The highest BCUT2D eigenvalue weighted by molar-refractivity contribution is 7.90. The van der Waals surface area contributed by atoms with Gasteiger partial charge in [-0.1, -0.05) is 0 Å². The van der Waals surface area contributed by atoms with Gasteiger partial charge in [0.15, 0.2) is 0 Å². The Morgan fingerprint density at radius 2 is 2.10 bits per heavy atom. The van der Waals surface area contributed by atoms with Crippen molar-refractivity contribution in [2.24, 2.45) is 0 Å².